The van der Waals surface area contributed by atoms with Crippen molar-refractivity contribution in [1.82, 2.24) is 40.3 Å². The minimum Gasteiger partial charge on any atom is -0.488 e. The Labute approximate surface area is 874 Å². The molecule has 2 N–H and O–H groups in total. The smallest absolute Gasteiger partial charge is 0.306 e. The first kappa shape index (κ1) is 108. The van der Waals surface area contributed by atoms with E-state index in [1.54, 1.807) is 32.9 Å². The predicted octanol–water partition coefficient (Wildman–Crippen LogP) is 21.9. The molecule has 3 aromatic heterocycles. The summed E-state index contributed by atoms with van der Waals surface area (Å²) in [6.45, 7) is 27.4. The van der Waals surface area contributed by atoms with Crippen LogP contribution < -0.4 is 24.8 Å². The van der Waals surface area contributed by atoms with E-state index in [-0.39, 0.29) is 147 Å². The number of unbranched alkanes of at least 4 members (excludes halogenated alkanes) is 3. The van der Waals surface area contributed by atoms with Gasteiger partial charge in [0.2, 0.25) is 29.5 Å². The molecular formula is C124H142N8O17. The Balaban J connectivity index is 0.000000159. The lowest BCUT2D eigenvalue weighted by atomic mass is 9.88. The van der Waals surface area contributed by atoms with Gasteiger partial charge in [0.15, 0.2) is 17.3 Å². The van der Waals surface area contributed by atoms with Gasteiger partial charge < -0.3 is 49.0 Å². The number of pyridine rings is 3. The van der Waals surface area contributed by atoms with E-state index in [1.165, 1.54) is 20.8 Å². The Bertz CT molecular complexity index is 6630. The molecule has 0 unspecified atom stereocenters. The maximum Gasteiger partial charge on any atom is 0.306 e. The van der Waals surface area contributed by atoms with Gasteiger partial charge in [-0.15, -0.1) is 19.7 Å². The SMILES string of the molecule is C=C[C@@H]1C[C@]1(CC(=O)[C@@H]1C[C@@H]2CN1C(=O)[C@H](CCCC)CC(=O)OCCCC/C=C/c1ccc3nc(-c4ccccc4)cc(c3c1)O2)C(C)=O.C=C[C@@H]1C[C@]1(NC(=O)[C@@H]1C[C@@H]2CN1C(=O)[C@H](CCCC)CC(=O)CCC/C=C/c1ccc3nc(-c4ccccc4)cc(c3c1)O2)C(C)=O.C=C[C@@H]1C[C@]1(NC(=O)[C@@H]1C[C@@H]2CN1C(=O)[C@H](CCCC)CC(=O)OCCC(C)(C)/C=C/c1ccc3nc(-c4ccccc4)cc(c3c1)O2)C(C)=O. The number of nitrogens with zero attached hydrogens (tertiary/aromatic N) is 6. The van der Waals surface area contributed by atoms with Gasteiger partial charge in [0.05, 0.1) is 85.4 Å². The minimum atomic E-state index is -1.02. The van der Waals surface area contributed by atoms with Gasteiger partial charge in [-0.05, 0) is 162 Å². The van der Waals surface area contributed by atoms with Crippen LogP contribution >= 0.6 is 0 Å². The molecule has 780 valence electrons. The Morgan fingerprint density at radius 3 is 1.20 bits per heavy atom. The van der Waals surface area contributed by atoms with Crippen molar-refractivity contribution in [3.8, 4) is 51.0 Å². The van der Waals surface area contributed by atoms with Crippen molar-refractivity contribution in [2.45, 2.75) is 270 Å². The molecule has 3 saturated carbocycles. The van der Waals surface area contributed by atoms with Gasteiger partial charge in [-0.25, -0.2) is 15.0 Å². The normalized spacial score (nSPS) is 26.5. The largest absolute Gasteiger partial charge is 0.488 e. The number of fused-ring (bicyclic) bond motifs is 9. The number of aromatic nitrogens is 3. The van der Waals surface area contributed by atoms with Crippen LogP contribution in [0, 0.1) is 46.3 Å². The summed E-state index contributed by atoms with van der Waals surface area (Å²) in [6.07, 6.45) is 29.9. The van der Waals surface area contributed by atoms with Gasteiger partial charge in [-0.2, -0.15) is 0 Å². The van der Waals surface area contributed by atoms with Crippen molar-refractivity contribution in [3.63, 3.8) is 0 Å². The molecule has 9 heterocycles. The maximum absolute atomic E-state index is 14.5. The molecule has 6 fully saturated rings. The first-order valence-electron chi connectivity index (χ1n) is 53.7. The Morgan fingerprint density at radius 2 is 0.819 bits per heavy atom. The van der Waals surface area contributed by atoms with Crippen LogP contribution in [0.4, 0.5) is 0 Å². The number of ether oxygens (including phenoxy) is 5. The third kappa shape index (κ3) is 25.6. The summed E-state index contributed by atoms with van der Waals surface area (Å²) >= 11 is 0. The van der Waals surface area contributed by atoms with E-state index in [4.69, 9.17) is 38.6 Å². The number of rotatable bonds is 25. The van der Waals surface area contributed by atoms with Crippen LogP contribution in [0.1, 0.15) is 239 Å². The molecule has 0 radical (unpaired) electrons. The van der Waals surface area contributed by atoms with Crippen molar-refractivity contribution >= 4 is 121 Å². The fourth-order valence-electron chi connectivity index (χ4n) is 22.2. The fraction of sp³-hybridized carbons (Fsp3) is 0.444. The molecule has 6 aromatic carbocycles. The zero-order valence-electron chi connectivity index (χ0n) is 87.4. The summed E-state index contributed by atoms with van der Waals surface area (Å²) in [6, 6.07) is 51.2. The van der Waals surface area contributed by atoms with Crippen LogP contribution in [-0.4, -0.2) is 180 Å². The molecular weight excluding hydrogens is 1870 g/mol. The topological polar surface area (TPSA) is 323 Å². The fourth-order valence-corrected chi connectivity index (χ4v) is 22.2. The molecule has 3 aliphatic carbocycles. The molecule has 25 nitrogen and oxygen atoms in total. The molecule has 149 heavy (non-hydrogen) atoms. The standard InChI is InChI=1S/C42H49N3O6.C42H48N2O6.C40H45N3O5/c1-6-8-12-30-22-38(47)50-20-19-41(4,5)18-17-28-15-16-34-33(21-28)37(24-35(43-34)29-13-10-9-11-14-29)51-32-23-36(45(26-32)40(30)49)39(48)44-42(27(3)46)25-31(42)7-2;1-4-6-15-31-22-40(47)49-20-13-8-7-10-14-29-18-19-35-34(21-29)39(24-36(43-35)30-16-11-9-12-17-30)50-33-23-37(44(27-33)41(31)48)38(46)26-42(28(3)45)25-32(42)5-2;1-4-6-14-29-21-31(45)17-12-7-9-13-27-18-19-34-33(20-27)37(23-35(41-34)28-15-10-8-11-16-28)48-32-22-36(43(25-32)39(29)47)38(46)42-40(26(3)44)24-30(40)5-2/h7,9-11,13-18,21,24,30-32,36H,2,6,8,12,19-20,22-23,25-26H2,1,3-5H3,(H,44,48);5,9-12,14,16-19,21,24,31-33,37H,2,4,6-8,13,15,20,22-23,25-27H2,1,3H3;5,8-11,13,15-16,18-20,23,29-30,32,36H,2,4,6-7,12,14,17,21-22,24-25H2,1,3H3,(H,42,46)/b18-17+;14-10+;13-9+/t30-,31-,32-,36+,42+;31-,32-,33-,37+,42+;29-,30-,32-,36+,40+/m111/s1. The number of hydrogen-bond donors (Lipinski definition) is 2. The number of cyclic esters (lactones) is 2. The lowest BCUT2D eigenvalue weighted by Crippen LogP contribution is -2.53. The van der Waals surface area contributed by atoms with Crippen molar-refractivity contribution < 1.29 is 81.2 Å². The summed E-state index contributed by atoms with van der Waals surface area (Å²) in [7, 11) is 0. The summed E-state index contributed by atoms with van der Waals surface area (Å²) in [5.74, 6) is -3.00. The molecule has 6 aliphatic heterocycles. The van der Waals surface area contributed by atoms with Crippen molar-refractivity contribution in [2.24, 2.45) is 46.3 Å². The van der Waals surface area contributed by atoms with Gasteiger partial charge in [0.25, 0.3) is 0 Å². The number of nitrogens with one attached hydrogen (secondary N) is 2. The second-order valence-corrected chi connectivity index (χ2v) is 42.8. The lowest BCUT2D eigenvalue weighted by Gasteiger charge is -2.29. The van der Waals surface area contributed by atoms with E-state index in [0.717, 1.165) is 147 Å². The van der Waals surface area contributed by atoms with Crippen LogP contribution in [0.3, 0.4) is 0 Å². The van der Waals surface area contributed by atoms with E-state index >= 15 is 0 Å². The Kier molecular flexibility index (Phi) is 34.8. The number of allylic oxidation sites excluding steroid dienone is 4. The molecule has 25 heteroatoms. The average molecular weight is 2020 g/mol. The number of benzene rings is 6. The van der Waals surface area contributed by atoms with Crippen LogP contribution in [-0.2, 0) is 67.0 Å². The third-order valence-electron chi connectivity index (χ3n) is 31.5. The highest BCUT2D eigenvalue weighted by atomic mass is 16.5. The zero-order valence-corrected chi connectivity index (χ0v) is 87.4. The highest BCUT2D eigenvalue weighted by Gasteiger charge is 2.62. The molecule has 9 aromatic rings. The summed E-state index contributed by atoms with van der Waals surface area (Å²) in [5, 5.41) is 8.52. The quantitative estimate of drug-likeness (QED) is 0.0396. The van der Waals surface area contributed by atoms with E-state index in [0.29, 0.717) is 81.6 Å². The highest BCUT2D eigenvalue weighted by molar-refractivity contribution is 6.02. The third-order valence-corrected chi connectivity index (χ3v) is 31.5. The summed E-state index contributed by atoms with van der Waals surface area (Å²) in [5.41, 5.74) is 7.35. The van der Waals surface area contributed by atoms with Crippen LogP contribution in [0.2, 0.25) is 0 Å². The minimum absolute atomic E-state index is 0.0299. The van der Waals surface area contributed by atoms with Gasteiger partial charge in [0, 0.05) is 125 Å². The second-order valence-electron chi connectivity index (χ2n) is 42.8. The van der Waals surface area contributed by atoms with Crippen molar-refractivity contribution in [3.05, 3.63) is 237 Å². The number of Topliss-reactive ketones (excluding diaryl/α,β-unsaturated/α-hetero) is 5. The molecule has 15 atom stereocenters. The number of hydrogen-bond acceptors (Lipinski definition) is 20. The first-order chi connectivity index (χ1) is 71.9. The first-order valence-corrected chi connectivity index (χ1v) is 53.7. The number of ketones is 5. The van der Waals surface area contributed by atoms with Crippen molar-refractivity contribution in [2.75, 3.05) is 32.8 Å². The summed E-state index contributed by atoms with van der Waals surface area (Å²) in [4.78, 5) is 183. The van der Waals surface area contributed by atoms with Crippen LogP contribution in [0.15, 0.2) is 220 Å². The van der Waals surface area contributed by atoms with Gasteiger partial charge in [0.1, 0.15) is 70.3 Å². The molecule has 0 spiro atoms. The molecule has 3 saturated heterocycles. The van der Waals surface area contributed by atoms with Gasteiger partial charge in [-0.3, -0.25) is 57.5 Å². The van der Waals surface area contributed by atoms with Crippen molar-refractivity contribution in [1.29, 1.82) is 0 Å². The second kappa shape index (κ2) is 48.1. The number of carbonyl (C=O) groups excluding carboxylic acids is 12. The van der Waals surface area contributed by atoms with Gasteiger partial charge >= 0.3 is 11.9 Å². The van der Waals surface area contributed by atoms with Crippen LogP contribution in [0.25, 0.3) is 84.7 Å². The maximum atomic E-state index is 14.5. The Morgan fingerprint density at radius 1 is 0.436 bits per heavy atom. The van der Waals surface area contributed by atoms with Gasteiger partial charge in [-0.1, -0.05) is 237 Å². The monoisotopic (exact) mass is 2020 g/mol. The predicted molar refractivity (Wildman–Crippen MR) is 579 cm³/mol. The molecule has 9 aliphatic rings. The average Bonchev–Trinajstić information content (AvgIpc) is 1.58. The molecule has 18 rings (SSSR count). The summed E-state index contributed by atoms with van der Waals surface area (Å²) < 4.78 is 31.7. The molecule has 12 bridgehead atoms. The number of carbonyl (C=O) groups is 12. The molecule has 5 amide bonds. The van der Waals surface area contributed by atoms with Crippen LogP contribution in [0.5, 0.6) is 17.2 Å². The number of esters is 2. The lowest BCUT2D eigenvalue weighted by molar-refractivity contribution is -0.151. The Hall–Kier alpha value is -14.0. The number of amides is 5. The van der Waals surface area contributed by atoms with E-state index in [2.05, 4.69) is 93.7 Å². The highest BCUT2D eigenvalue weighted by Crippen LogP contribution is 2.58. The van der Waals surface area contributed by atoms with E-state index in [1.807, 2.05) is 172 Å². The van der Waals surface area contributed by atoms with E-state index < -0.39 is 88.5 Å². The zero-order chi connectivity index (χ0) is 105. The van der Waals surface area contributed by atoms with E-state index in [9.17, 15) is 57.5 Å².